The summed E-state index contributed by atoms with van der Waals surface area (Å²) in [6.07, 6.45) is 2.77. The van der Waals surface area contributed by atoms with Crippen molar-refractivity contribution in [1.82, 2.24) is 25.1 Å². The van der Waals surface area contributed by atoms with Gasteiger partial charge < -0.3 is 9.64 Å². The highest BCUT2D eigenvalue weighted by atomic mass is 16.5. The van der Waals surface area contributed by atoms with E-state index in [1.165, 1.54) is 12.4 Å². The molecule has 0 spiro atoms. The fourth-order valence-corrected chi connectivity index (χ4v) is 2.52. The van der Waals surface area contributed by atoms with Crippen molar-refractivity contribution in [3.05, 3.63) is 47.3 Å². The van der Waals surface area contributed by atoms with Gasteiger partial charge in [-0.1, -0.05) is 0 Å². The third-order valence-corrected chi connectivity index (χ3v) is 3.50. The lowest BCUT2D eigenvalue weighted by Crippen LogP contribution is -2.42. The summed E-state index contributed by atoms with van der Waals surface area (Å²) >= 11 is 0. The molecule has 0 radical (unpaired) electrons. The summed E-state index contributed by atoms with van der Waals surface area (Å²) in [4.78, 5) is 22.9. The summed E-state index contributed by atoms with van der Waals surface area (Å²) in [5.74, 6) is 0.645. The van der Waals surface area contributed by atoms with Gasteiger partial charge in [-0.2, -0.15) is 10.2 Å². The van der Waals surface area contributed by atoms with Crippen LogP contribution in [0, 0.1) is 13.8 Å². The number of carbonyl (C=O) groups is 1. The molecule has 1 saturated heterocycles. The predicted octanol–water partition coefficient (Wildman–Crippen LogP) is 1.10. The predicted molar refractivity (Wildman–Crippen MR) is 78.1 cm³/mol. The maximum atomic E-state index is 12.5. The van der Waals surface area contributed by atoms with Gasteiger partial charge in [-0.3, -0.25) is 4.79 Å². The number of amides is 1. The third kappa shape index (κ3) is 3.09. The first-order valence-electron chi connectivity index (χ1n) is 7.13. The van der Waals surface area contributed by atoms with Gasteiger partial charge in [0.1, 0.15) is 11.9 Å². The molecule has 0 aliphatic carbocycles. The molecule has 0 aromatic carbocycles. The molecule has 114 valence electrons. The standard InChI is InChI=1S/C15H17N5O2/c1-10-7-13(19-11(2)18-10)14-9-20(5-6-22-14)15(21)12-3-4-16-17-8-12/h3-4,7-8,14H,5-6,9H2,1-2H3. The number of rotatable bonds is 2. The van der Waals surface area contributed by atoms with Gasteiger partial charge in [0, 0.05) is 12.2 Å². The largest absolute Gasteiger partial charge is 0.368 e. The number of hydrogen-bond acceptors (Lipinski definition) is 6. The van der Waals surface area contributed by atoms with Crippen LogP contribution in [-0.2, 0) is 4.74 Å². The number of morpholine rings is 1. The highest BCUT2D eigenvalue weighted by Gasteiger charge is 2.27. The molecule has 1 amide bonds. The van der Waals surface area contributed by atoms with Crippen molar-refractivity contribution in [2.24, 2.45) is 0 Å². The minimum atomic E-state index is -0.229. The molecule has 3 heterocycles. The van der Waals surface area contributed by atoms with Gasteiger partial charge in [-0.25, -0.2) is 9.97 Å². The Labute approximate surface area is 128 Å². The molecule has 1 aliphatic rings. The number of hydrogen-bond donors (Lipinski definition) is 0. The van der Waals surface area contributed by atoms with E-state index in [1.807, 2.05) is 19.9 Å². The Morgan fingerprint density at radius 2 is 2.18 bits per heavy atom. The minimum absolute atomic E-state index is 0.0642. The lowest BCUT2D eigenvalue weighted by molar-refractivity contribution is -0.0248. The molecule has 22 heavy (non-hydrogen) atoms. The molecule has 1 fully saturated rings. The molecule has 2 aromatic heterocycles. The average Bonchev–Trinajstić information content (AvgIpc) is 2.54. The van der Waals surface area contributed by atoms with E-state index in [-0.39, 0.29) is 12.0 Å². The van der Waals surface area contributed by atoms with E-state index in [2.05, 4.69) is 20.2 Å². The summed E-state index contributed by atoms with van der Waals surface area (Å²) in [5, 5.41) is 7.44. The molecule has 3 rings (SSSR count). The highest BCUT2D eigenvalue weighted by Crippen LogP contribution is 2.22. The molecule has 7 nitrogen and oxygen atoms in total. The summed E-state index contributed by atoms with van der Waals surface area (Å²) in [6, 6.07) is 3.57. The van der Waals surface area contributed by atoms with Gasteiger partial charge in [-0.05, 0) is 26.0 Å². The van der Waals surface area contributed by atoms with Crippen molar-refractivity contribution in [2.45, 2.75) is 20.0 Å². The van der Waals surface area contributed by atoms with Crippen molar-refractivity contribution >= 4 is 5.91 Å². The zero-order valence-corrected chi connectivity index (χ0v) is 12.6. The first-order chi connectivity index (χ1) is 10.6. The van der Waals surface area contributed by atoms with Crippen LogP contribution in [0.15, 0.2) is 24.5 Å². The van der Waals surface area contributed by atoms with Gasteiger partial charge in [0.25, 0.3) is 5.91 Å². The molecule has 0 bridgehead atoms. The van der Waals surface area contributed by atoms with Crippen LogP contribution in [0.3, 0.4) is 0 Å². The van der Waals surface area contributed by atoms with Crippen LogP contribution in [0.25, 0.3) is 0 Å². The zero-order chi connectivity index (χ0) is 15.5. The molecular weight excluding hydrogens is 282 g/mol. The molecule has 0 N–H and O–H groups in total. The Bertz CT molecular complexity index is 657. The Hall–Kier alpha value is -2.41. The summed E-state index contributed by atoms with van der Waals surface area (Å²) in [7, 11) is 0. The molecule has 1 atom stereocenters. The first-order valence-corrected chi connectivity index (χ1v) is 7.13. The second-order valence-electron chi connectivity index (χ2n) is 5.22. The third-order valence-electron chi connectivity index (χ3n) is 3.50. The molecule has 2 aromatic rings. The highest BCUT2D eigenvalue weighted by molar-refractivity contribution is 5.93. The van der Waals surface area contributed by atoms with Gasteiger partial charge in [0.05, 0.1) is 36.8 Å². The number of carbonyl (C=O) groups excluding carboxylic acids is 1. The van der Waals surface area contributed by atoms with E-state index >= 15 is 0 Å². The first kappa shape index (κ1) is 14.5. The van der Waals surface area contributed by atoms with Crippen LogP contribution in [0.4, 0.5) is 0 Å². The van der Waals surface area contributed by atoms with E-state index in [0.29, 0.717) is 31.1 Å². The smallest absolute Gasteiger partial charge is 0.255 e. The molecule has 1 aliphatic heterocycles. The van der Waals surface area contributed by atoms with Crippen molar-refractivity contribution in [1.29, 1.82) is 0 Å². The van der Waals surface area contributed by atoms with E-state index < -0.39 is 0 Å². The quantitative estimate of drug-likeness (QED) is 0.826. The van der Waals surface area contributed by atoms with E-state index in [0.717, 1.165) is 11.4 Å². The van der Waals surface area contributed by atoms with Crippen molar-refractivity contribution < 1.29 is 9.53 Å². The molecular formula is C15H17N5O2. The second-order valence-corrected chi connectivity index (χ2v) is 5.22. The number of aromatic nitrogens is 4. The lowest BCUT2D eigenvalue weighted by atomic mass is 10.1. The summed E-state index contributed by atoms with van der Waals surface area (Å²) in [5.41, 5.74) is 2.24. The maximum Gasteiger partial charge on any atom is 0.255 e. The Kier molecular flexibility index (Phi) is 4.06. The lowest BCUT2D eigenvalue weighted by Gasteiger charge is -2.32. The fourth-order valence-electron chi connectivity index (χ4n) is 2.52. The maximum absolute atomic E-state index is 12.5. The van der Waals surface area contributed by atoms with Crippen LogP contribution in [0.1, 0.15) is 33.7 Å². The average molecular weight is 299 g/mol. The van der Waals surface area contributed by atoms with Gasteiger partial charge >= 0.3 is 0 Å². The Morgan fingerprint density at radius 1 is 1.32 bits per heavy atom. The zero-order valence-electron chi connectivity index (χ0n) is 12.6. The Morgan fingerprint density at radius 3 is 2.91 bits per heavy atom. The van der Waals surface area contributed by atoms with Gasteiger partial charge in [0.2, 0.25) is 0 Å². The normalized spacial score (nSPS) is 18.3. The van der Waals surface area contributed by atoms with Crippen molar-refractivity contribution in [3.8, 4) is 0 Å². The van der Waals surface area contributed by atoms with Crippen molar-refractivity contribution in [3.63, 3.8) is 0 Å². The number of ether oxygens (including phenoxy) is 1. The van der Waals surface area contributed by atoms with Crippen LogP contribution < -0.4 is 0 Å². The van der Waals surface area contributed by atoms with Gasteiger partial charge in [0.15, 0.2) is 0 Å². The number of nitrogens with zero attached hydrogens (tertiary/aromatic N) is 5. The molecule has 0 saturated carbocycles. The van der Waals surface area contributed by atoms with Crippen molar-refractivity contribution in [2.75, 3.05) is 19.7 Å². The summed E-state index contributed by atoms with van der Waals surface area (Å²) < 4.78 is 5.78. The Balaban J connectivity index is 1.78. The van der Waals surface area contributed by atoms with Crippen LogP contribution in [0.5, 0.6) is 0 Å². The van der Waals surface area contributed by atoms with Crippen LogP contribution >= 0.6 is 0 Å². The fraction of sp³-hybridized carbons (Fsp3) is 0.400. The topological polar surface area (TPSA) is 81.1 Å². The molecule has 1 unspecified atom stereocenters. The molecule has 7 heteroatoms. The SMILES string of the molecule is Cc1cc(C2CN(C(=O)c3ccnnc3)CCO2)nc(C)n1. The summed E-state index contributed by atoms with van der Waals surface area (Å²) in [6.45, 7) is 5.28. The van der Waals surface area contributed by atoms with Crippen LogP contribution in [0.2, 0.25) is 0 Å². The monoisotopic (exact) mass is 299 g/mol. The van der Waals surface area contributed by atoms with Gasteiger partial charge in [-0.15, -0.1) is 0 Å². The van der Waals surface area contributed by atoms with E-state index in [9.17, 15) is 4.79 Å². The second kappa shape index (κ2) is 6.15. The minimum Gasteiger partial charge on any atom is -0.368 e. The van der Waals surface area contributed by atoms with E-state index in [4.69, 9.17) is 4.74 Å². The number of aryl methyl sites for hydroxylation is 2. The van der Waals surface area contributed by atoms with Crippen LogP contribution in [-0.4, -0.2) is 50.7 Å². The van der Waals surface area contributed by atoms with E-state index in [1.54, 1.807) is 11.0 Å².